The van der Waals surface area contributed by atoms with Crippen molar-refractivity contribution >= 4 is 6.03 Å². The first kappa shape index (κ1) is 16.2. The zero-order valence-corrected chi connectivity index (χ0v) is 11.3. The molecule has 0 aromatic carbocycles. The van der Waals surface area contributed by atoms with Gasteiger partial charge in [0.2, 0.25) is 0 Å². The summed E-state index contributed by atoms with van der Waals surface area (Å²) in [6.07, 6.45) is 3.11. The van der Waals surface area contributed by atoms with E-state index in [9.17, 15) is 4.79 Å². The van der Waals surface area contributed by atoms with E-state index in [1.165, 1.54) is 0 Å². The van der Waals surface area contributed by atoms with Crippen LogP contribution in [0.2, 0.25) is 0 Å². The highest BCUT2D eigenvalue weighted by Crippen LogP contribution is 1.97. The summed E-state index contributed by atoms with van der Waals surface area (Å²) in [4.78, 5) is 13.6. The van der Waals surface area contributed by atoms with Gasteiger partial charge in [-0.2, -0.15) is 0 Å². The van der Waals surface area contributed by atoms with E-state index in [1.54, 1.807) is 7.11 Å². The second-order valence-electron chi connectivity index (χ2n) is 3.87. The fourth-order valence-corrected chi connectivity index (χ4v) is 1.37. The van der Waals surface area contributed by atoms with Gasteiger partial charge in [-0.25, -0.2) is 4.79 Å². The molecule has 5 heteroatoms. The van der Waals surface area contributed by atoms with Gasteiger partial charge in [0, 0.05) is 20.2 Å². The maximum Gasteiger partial charge on any atom is 0.319 e. The quantitative estimate of drug-likeness (QED) is 0.472. The zero-order chi connectivity index (χ0) is 12.9. The Labute approximate surface area is 104 Å². The summed E-state index contributed by atoms with van der Waals surface area (Å²) in [5.41, 5.74) is 0. The van der Waals surface area contributed by atoms with E-state index in [1.807, 2.05) is 4.90 Å². The number of urea groups is 1. The van der Waals surface area contributed by atoms with Crippen LogP contribution in [-0.4, -0.2) is 51.1 Å². The van der Waals surface area contributed by atoms with Crippen LogP contribution in [0.3, 0.4) is 0 Å². The first-order valence-electron chi connectivity index (χ1n) is 6.35. The van der Waals surface area contributed by atoms with Crippen LogP contribution < -0.4 is 5.32 Å². The molecule has 0 bridgehead atoms. The molecule has 0 radical (unpaired) electrons. The minimum absolute atomic E-state index is 0.0438. The monoisotopic (exact) mass is 246 g/mol. The van der Waals surface area contributed by atoms with Crippen LogP contribution in [0.1, 0.15) is 33.1 Å². The third kappa shape index (κ3) is 8.94. The van der Waals surface area contributed by atoms with Crippen LogP contribution >= 0.6 is 0 Å². The van der Waals surface area contributed by atoms with Crippen LogP contribution in [0.4, 0.5) is 4.79 Å². The van der Waals surface area contributed by atoms with Crippen molar-refractivity contribution in [1.29, 1.82) is 0 Å². The van der Waals surface area contributed by atoms with Crippen molar-refractivity contribution in [1.82, 2.24) is 10.2 Å². The van der Waals surface area contributed by atoms with Gasteiger partial charge in [-0.05, 0) is 12.8 Å². The number of nitrogens with one attached hydrogen (secondary N) is 1. The van der Waals surface area contributed by atoms with Crippen LogP contribution in [0.5, 0.6) is 0 Å². The van der Waals surface area contributed by atoms with Crippen molar-refractivity contribution in [2.75, 3.05) is 40.1 Å². The summed E-state index contributed by atoms with van der Waals surface area (Å²) in [5, 5.41) is 2.74. The SMILES string of the molecule is CCCCN(CCC)C(=O)NCOCCOC. The van der Waals surface area contributed by atoms with Gasteiger partial charge >= 0.3 is 6.03 Å². The molecule has 0 aliphatic heterocycles. The van der Waals surface area contributed by atoms with Crippen molar-refractivity contribution < 1.29 is 14.3 Å². The summed E-state index contributed by atoms with van der Waals surface area (Å²) in [5.74, 6) is 0. The smallest absolute Gasteiger partial charge is 0.319 e. The highest BCUT2D eigenvalue weighted by molar-refractivity contribution is 5.73. The highest BCUT2D eigenvalue weighted by atomic mass is 16.5. The normalized spacial score (nSPS) is 10.3. The second-order valence-corrected chi connectivity index (χ2v) is 3.87. The lowest BCUT2D eigenvalue weighted by atomic mass is 10.3. The topological polar surface area (TPSA) is 50.8 Å². The Hall–Kier alpha value is -0.810. The van der Waals surface area contributed by atoms with Gasteiger partial charge in [-0.1, -0.05) is 20.3 Å². The van der Waals surface area contributed by atoms with E-state index < -0.39 is 0 Å². The minimum atomic E-state index is -0.0438. The zero-order valence-electron chi connectivity index (χ0n) is 11.3. The number of carbonyl (C=O) groups excluding carboxylic acids is 1. The van der Waals surface area contributed by atoms with Gasteiger partial charge < -0.3 is 19.7 Å². The summed E-state index contributed by atoms with van der Waals surface area (Å²) in [7, 11) is 1.62. The number of nitrogens with zero attached hydrogens (tertiary/aromatic N) is 1. The number of rotatable bonds is 10. The molecule has 0 aliphatic carbocycles. The van der Waals surface area contributed by atoms with Crippen molar-refractivity contribution in [2.45, 2.75) is 33.1 Å². The lowest BCUT2D eigenvalue weighted by molar-refractivity contribution is 0.0616. The molecule has 0 spiro atoms. The first-order chi connectivity index (χ1) is 8.26. The van der Waals surface area contributed by atoms with E-state index >= 15 is 0 Å². The molecule has 2 amide bonds. The van der Waals surface area contributed by atoms with E-state index in [4.69, 9.17) is 9.47 Å². The summed E-state index contributed by atoms with van der Waals surface area (Å²) < 4.78 is 10.0. The van der Waals surface area contributed by atoms with Gasteiger partial charge in [0.15, 0.2) is 0 Å². The third-order valence-corrected chi connectivity index (χ3v) is 2.32. The fourth-order valence-electron chi connectivity index (χ4n) is 1.37. The standard InChI is InChI=1S/C12H26N2O3/c1-4-6-8-14(7-5-2)12(15)13-11-17-10-9-16-3/h4-11H2,1-3H3,(H,13,15). The molecule has 0 aromatic heterocycles. The highest BCUT2D eigenvalue weighted by Gasteiger charge is 2.10. The lowest BCUT2D eigenvalue weighted by Crippen LogP contribution is -2.41. The molecule has 0 aliphatic rings. The fraction of sp³-hybridized carbons (Fsp3) is 0.917. The Morgan fingerprint density at radius 1 is 1.18 bits per heavy atom. The molecule has 0 heterocycles. The number of ether oxygens (including phenoxy) is 2. The van der Waals surface area contributed by atoms with Crippen molar-refractivity contribution in [3.05, 3.63) is 0 Å². The molecule has 102 valence electrons. The van der Waals surface area contributed by atoms with Gasteiger partial charge in [-0.15, -0.1) is 0 Å². The summed E-state index contributed by atoms with van der Waals surface area (Å²) >= 11 is 0. The Morgan fingerprint density at radius 3 is 2.53 bits per heavy atom. The van der Waals surface area contributed by atoms with Crippen LogP contribution in [0, 0.1) is 0 Å². The number of carbonyl (C=O) groups is 1. The van der Waals surface area contributed by atoms with E-state index in [0.717, 1.165) is 32.4 Å². The maximum atomic E-state index is 11.8. The average Bonchev–Trinajstić information content (AvgIpc) is 2.34. The van der Waals surface area contributed by atoms with Gasteiger partial charge in [0.05, 0.1) is 13.2 Å². The minimum Gasteiger partial charge on any atom is -0.382 e. The Morgan fingerprint density at radius 2 is 1.94 bits per heavy atom. The van der Waals surface area contributed by atoms with Crippen LogP contribution in [0.15, 0.2) is 0 Å². The number of hydrogen-bond donors (Lipinski definition) is 1. The molecule has 0 atom stereocenters. The average molecular weight is 246 g/mol. The van der Waals surface area contributed by atoms with E-state index in [2.05, 4.69) is 19.2 Å². The maximum absolute atomic E-state index is 11.8. The molecule has 0 aromatic rings. The lowest BCUT2D eigenvalue weighted by Gasteiger charge is -2.22. The third-order valence-electron chi connectivity index (χ3n) is 2.32. The van der Waals surface area contributed by atoms with E-state index in [-0.39, 0.29) is 12.8 Å². The molecule has 0 fully saturated rings. The number of unbranched alkanes of at least 4 members (excludes halogenated alkanes) is 1. The molecule has 0 saturated heterocycles. The van der Waals surface area contributed by atoms with Gasteiger partial charge in [0.25, 0.3) is 0 Å². The van der Waals surface area contributed by atoms with Crippen LogP contribution in [-0.2, 0) is 9.47 Å². The van der Waals surface area contributed by atoms with Crippen LogP contribution in [0.25, 0.3) is 0 Å². The number of amides is 2. The molecule has 0 rings (SSSR count). The van der Waals surface area contributed by atoms with Gasteiger partial charge in [0.1, 0.15) is 6.73 Å². The van der Waals surface area contributed by atoms with Crippen molar-refractivity contribution in [3.8, 4) is 0 Å². The number of hydrogen-bond acceptors (Lipinski definition) is 3. The predicted molar refractivity (Wildman–Crippen MR) is 68.0 cm³/mol. The first-order valence-corrected chi connectivity index (χ1v) is 6.35. The Bertz CT molecular complexity index is 189. The molecule has 0 unspecified atom stereocenters. The number of methoxy groups -OCH3 is 1. The van der Waals surface area contributed by atoms with Crippen molar-refractivity contribution in [2.24, 2.45) is 0 Å². The summed E-state index contributed by atoms with van der Waals surface area (Å²) in [6, 6.07) is -0.0438. The molecule has 17 heavy (non-hydrogen) atoms. The Balaban J connectivity index is 3.72. The molecular formula is C12H26N2O3. The van der Waals surface area contributed by atoms with E-state index in [0.29, 0.717) is 13.2 Å². The Kier molecular flexibility index (Phi) is 11.1. The summed E-state index contributed by atoms with van der Waals surface area (Å²) in [6.45, 7) is 7.09. The largest absolute Gasteiger partial charge is 0.382 e. The predicted octanol–water partition coefficient (Wildman–Crippen LogP) is 1.83. The molecule has 1 N–H and O–H groups in total. The second kappa shape index (κ2) is 11.7. The van der Waals surface area contributed by atoms with Gasteiger partial charge in [-0.3, -0.25) is 0 Å². The molecule has 5 nitrogen and oxygen atoms in total. The van der Waals surface area contributed by atoms with Crippen molar-refractivity contribution in [3.63, 3.8) is 0 Å². The molecular weight excluding hydrogens is 220 g/mol. The molecule has 0 saturated carbocycles.